The molecule has 4 aromatic rings. The number of aromatic nitrogens is 3. The van der Waals surface area contributed by atoms with Gasteiger partial charge in [0.25, 0.3) is 0 Å². The molecule has 4 heteroatoms. The van der Waals surface area contributed by atoms with Gasteiger partial charge in [0.15, 0.2) is 5.65 Å². The Morgan fingerprint density at radius 2 is 1.28 bits per heavy atom. The van der Waals surface area contributed by atoms with Gasteiger partial charge in [0.2, 0.25) is 0 Å². The summed E-state index contributed by atoms with van der Waals surface area (Å²) in [5, 5.41) is 2.00. The first-order chi connectivity index (χ1) is 13.8. The monoisotopic (exact) mass is 387 g/mol. The van der Waals surface area contributed by atoms with Crippen molar-refractivity contribution >= 4 is 21.9 Å². The number of para-hydroxylation sites is 1. The summed E-state index contributed by atoms with van der Waals surface area (Å²) >= 11 is 0. The summed E-state index contributed by atoms with van der Waals surface area (Å²) in [6.07, 6.45) is 7.28. The highest BCUT2D eigenvalue weighted by Gasteiger charge is 2.29. The third-order valence-electron chi connectivity index (χ3n) is 6.07. The van der Waals surface area contributed by atoms with Crippen molar-refractivity contribution in [3.8, 4) is 0 Å². The number of halogens is 1. The Morgan fingerprint density at radius 3 is 2.00 bits per heavy atom. The molecule has 0 unspecified atom stereocenters. The second-order valence-electron chi connectivity index (χ2n) is 9.00. The first-order valence-corrected chi connectivity index (χ1v) is 10.0. The number of pyridine rings is 3. The Balaban J connectivity index is 1.66. The van der Waals surface area contributed by atoms with E-state index >= 15 is 0 Å². The van der Waals surface area contributed by atoms with E-state index in [4.69, 9.17) is 0 Å². The number of rotatable bonds is 5. The van der Waals surface area contributed by atoms with Gasteiger partial charge < -0.3 is 0 Å². The molecule has 0 fully saturated rings. The topological polar surface area (TPSA) is 38.7 Å². The van der Waals surface area contributed by atoms with Gasteiger partial charge in [0, 0.05) is 29.4 Å². The van der Waals surface area contributed by atoms with E-state index in [1.807, 2.05) is 24.4 Å². The quantitative estimate of drug-likeness (QED) is 0.400. The van der Waals surface area contributed by atoms with Crippen LogP contribution in [0.15, 0.2) is 61.1 Å². The normalized spacial score (nSPS) is 12.6. The van der Waals surface area contributed by atoms with Crippen LogP contribution in [-0.4, -0.2) is 15.0 Å². The largest absolute Gasteiger partial charge is 0.253 e. The van der Waals surface area contributed by atoms with Crippen LogP contribution in [0.4, 0.5) is 4.39 Å². The second-order valence-corrected chi connectivity index (χ2v) is 9.00. The molecule has 29 heavy (non-hydrogen) atoms. The lowest BCUT2D eigenvalue weighted by molar-refractivity contribution is 0.378. The van der Waals surface area contributed by atoms with Gasteiger partial charge in [-0.1, -0.05) is 39.8 Å². The highest BCUT2D eigenvalue weighted by molar-refractivity contribution is 5.83. The molecule has 148 valence electrons. The zero-order valence-corrected chi connectivity index (χ0v) is 17.4. The lowest BCUT2D eigenvalue weighted by atomic mass is 9.72. The third-order valence-corrected chi connectivity index (χ3v) is 6.07. The molecule has 0 atom stereocenters. The Labute approximate surface area is 171 Å². The van der Waals surface area contributed by atoms with Gasteiger partial charge in [0.05, 0.1) is 0 Å². The maximum absolute atomic E-state index is 14.2. The van der Waals surface area contributed by atoms with Crippen molar-refractivity contribution in [1.29, 1.82) is 0 Å². The summed E-state index contributed by atoms with van der Waals surface area (Å²) in [6, 6.07) is 13.4. The molecule has 0 amide bonds. The van der Waals surface area contributed by atoms with Crippen LogP contribution in [0.1, 0.15) is 51.7 Å². The molecular weight excluding hydrogens is 361 g/mol. The van der Waals surface area contributed by atoms with Crippen molar-refractivity contribution in [3.63, 3.8) is 0 Å². The molecule has 0 aliphatic heterocycles. The van der Waals surface area contributed by atoms with Gasteiger partial charge in [-0.2, -0.15) is 0 Å². The fraction of sp³-hybridized carbons (Fsp3) is 0.320. The average Bonchev–Trinajstić information content (AvgIpc) is 2.72. The fourth-order valence-corrected chi connectivity index (χ4v) is 4.20. The molecule has 0 bridgehead atoms. The van der Waals surface area contributed by atoms with Crippen molar-refractivity contribution in [1.82, 2.24) is 15.0 Å². The summed E-state index contributed by atoms with van der Waals surface area (Å²) in [5.41, 5.74) is 3.47. The summed E-state index contributed by atoms with van der Waals surface area (Å²) in [7, 11) is 0. The van der Waals surface area contributed by atoms with Crippen molar-refractivity contribution in [2.24, 2.45) is 0 Å². The van der Waals surface area contributed by atoms with E-state index in [2.05, 4.69) is 54.8 Å². The molecule has 0 radical (unpaired) electrons. The number of benzene rings is 1. The highest BCUT2D eigenvalue weighted by Crippen LogP contribution is 2.39. The average molecular weight is 388 g/mol. The molecular formula is C25H26FN3. The molecule has 0 saturated carbocycles. The van der Waals surface area contributed by atoms with Crippen molar-refractivity contribution in [2.75, 3.05) is 0 Å². The minimum atomic E-state index is -0.267. The van der Waals surface area contributed by atoms with Crippen LogP contribution >= 0.6 is 0 Å². The second kappa shape index (κ2) is 7.18. The Morgan fingerprint density at radius 1 is 0.690 bits per heavy atom. The standard InChI is InChI=1S/C25H26FN3/c1-24(2,19-10-15-27-22-17(19)7-5-9-21(22)26)12-13-25(3,4)20-11-16-29-23-18(20)8-6-14-28-23/h5-11,14-16H,12-13H2,1-4H3. The lowest BCUT2D eigenvalue weighted by Gasteiger charge is -2.33. The molecule has 3 nitrogen and oxygen atoms in total. The highest BCUT2D eigenvalue weighted by atomic mass is 19.1. The SMILES string of the molecule is CC(C)(CCC(C)(C)c1ccnc2c(F)cccc12)c1ccnc2ncccc12. The van der Waals surface area contributed by atoms with E-state index in [1.165, 1.54) is 11.6 Å². The molecule has 0 saturated heterocycles. The molecule has 4 rings (SSSR count). The van der Waals surface area contributed by atoms with Gasteiger partial charge >= 0.3 is 0 Å². The van der Waals surface area contributed by atoms with Crippen LogP contribution in [-0.2, 0) is 10.8 Å². The van der Waals surface area contributed by atoms with Crippen molar-refractivity contribution < 1.29 is 4.39 Å². The first kappa shape index (κ1) is 19.4. The number of fused-ring (bicyclic) bond motifs is 2. The first-order valence-electron chi connectivity index (χ1n) is 10.0. The third kappa shape index (κ3) is 3.59. The zero-order chi connectivity index (χ0) is 20.6. The summed E-state index contributed by atoms with van der Waals surface area (Å²) in [4.78, 5) is 13.1. The van der Waals surface area contributed by atoms with E-state index in [0.29, 0.717) is 5.52 Å². The molecule has 0 aliphatic rings. The summed E-state index contributed by atoms with van der Waals surface area (Å²) < 4.78 is 14.2. The number of hydrogen-bond acceptors (Lipinski definition) is 3. The van der Waals surface area contributed by atoms with Crippen LogP contribution in [0.2, 0.25) is 0 Å². The summed E-state index contributed by atoms with van der Waals surface area (Å²) in [5.74, 6) is -0.267. The van der Waals surface area contributed by atoms with Crippen LogP contribution in [0.25, 0.3) is 21.9 Å². The Bertz CT molecular complexity index is 1180. The minimum absolute atomic E-state index is 0.0461. The fourth-order valence-electron chi connectivity index (χ4n) is 4.20. The van der Waals surface area contributed by atoms with Crippen LogP contribution in [0, 0.1) is 5.82 Å². The molecule has 0 spiro atoms. The van der Waals surface area contributed by atoms with Gasteiger partial charge in [-0.15, -0.1) is 0 Å². The van der Waals surface area contributed by atoms with Crippen LogP contribution in [0.3, 0.4) is 0 Å². The maximum Gasteiger partial charge on any atom is 0.159 e. The predicted molar refractivity (Wildman–Crippen MR) is 117 cm³/mol. The Hall–Kier alpha value is -2.88. The number of nitrogens with zero attached hydrogens (tertiary/aromatic N) is 3. The maximum atomic E-state index is 14.2. The molecule has 0 aliphatic carbocycles. The number of hydrogen-bond donors (Lipinski definition) is 0. The van der Waals surface area contributed by atoms with E-state index in [9.17, 15) is 4.39 Å². The molecule has 1 aromatic carbocycles. The van der Waals surface area contributed by atoms with Gasteiger partial charge in [-0.3, -0.25) is 4.98 Å². The van der Waals surface area contributed by atoms with Crippen LogP contribution in [0.5, 0.6) is 0 Å². The van der Waals surface area contributed by atoms with E-state index in [1.54, 1.807) is 18.5 Å². The van der Waals surface area contributed by atoms with Crippen molar-refractivity contribution in [2.45, 2.75) is 51.4 Å². The van der Waals surface area contributed by atoms with Gasteiger partial charge in [0.1, 0.15) is 11.3 Å². The minimum Gasteiger partial charge on any atom is -0.253 e. The van der Waals surface area contributed by atoms with Crippen molar-refractivity contribution in [3.05, 3.63) is 78.0 Å². The zero-order valence-electron chi connectivity index (χ0n) is 17.4. The Kier molecular flexibility index (Phi) is 4.81. The van der Waals surface area contributed by atoms with Gasteiger partial charge in [-0.05, 0) is 65.1 Å². The lowest BCUT2D eigenvalue weighted by Crippen LogP contribution is -2.25. The van der Waals surface area contributed by atoms with E-state index in [-0.39, 0.29) is 16.6 Å². The van der Waals surface area contributed by atoms with Crippen LogP contribution < -0.4 is 0 Å². The van der Waals surface area contributed by atoms with E-state index < -0.39 is 0 Å². The smallest absolute Gasteiger partial charge is 0.159 e. The predicted octanol–water partition coefficient (Wildman–Crippen LogP) is 6.35. The molecule has 3 heterocycles. The molecule has 3 aromatic heterocycles. The molecule has 0 N–H and O–H groups in total. The van der Waals surface area contributed by atoms with E-state index in [0.717, 1.165) is 34.8 Å². The summed E-state index contributed by atoms with van der Waals surface area (Å²) in [6.45, 7) is 9.01. The van der Waals surface area contributed by atoms with Gasteiger partial charge in [-0.25, -0.2) is 14.4 Å².